The van der Waals surface area contributed by atoms with Crippen LogP contribution in [0.2, 0.25) is 0 Å². The van der Waals surface area contributed by atoms with E-state index in [4.69, 9.17) is 4.74 Å². The highest BCUT2D eigenvalue weighted by atomic mass is 16.5. The van der Waals surface area contributed by atoms with Crippen molar-refractivity contribution < 1.29 is 9.53 Å². The molecule has 30 heavy (non-hydrogen) atoms. The number of nitrogens with one attached hydrogen (secondary N) is 2. The predicted molar refractivity (Wildman–Crippen MR) is 123 cm³/mol. The molecule has 4 nitrogen and oxygen atoms in total. The number of allylic oxidation sites excluding steroid dienone is 1. The lowest BCUT2D eigenvalue weighted by Gasteiger charge is -2.17. The Bertz CT molecular complexity index is 969. The lowest BCUT2D eigenvalue weighted by Crippen LogP contribution is -2.25. The molecule has 0 spiro atoms. The van der Waals surface area contributed by atoms with Gasteiger partial charge in [0.2, 0.25) is 0 Å². The lowest BCUT2D eigenvalue weighted by molar-refractivity contribution is -0.118. The number of rotatable bonds is 5. The highest BCUT2D eigenvalue weighted by molar-refractivity contribution is 5.95. The van der Waals surface area contributed by atoms with Gasteiger partial charge in [-0.05, 0) is 42.7 Å². The summed E-state index contributed by atoms with van der Waals surface area (Å²) in [6.45, 7) is 5.17. The molecule has 1 amide bonds. The molecule has 0 unspecified atom stereocenters. The molecule has 3 aromatic rings. The number of carbonyl (C=O) groups excluding carboxylic acids is 1. The number of hydrogen-bond acceptors (Lipinski definition) is 3. The summed E-state index contributed by atoms with van der Waals surface area (Å²) in [4.78, 5) is 11.0. The fraction of sp³-hybridized carbons (Fsp3) is 0.192. The Morgan fingerprint density at radius 1 is 1.03 bits per heavy atom. The second-order valence-electron chi connectivity index (χ2n) is 7.09. The van der Waals surface area contributed by atoms with Gasteiger partial charge in [-0.25, -0.2) is 0 Å². The van der Waals surface area contributed by atoms with E-state index in [-0.39, 0.29) is 12.5 Å². The van der Waals surface area contributed by atoms with Crippen LogP contribution in [0.1, 0.15) is 36.6 Å². The molecule has 0 radical (unpaired) electrons. The van der Waals surface area contributed by atoms with Gasteiger partial charge in [0, 0.05) is 12.6 Å². The first-order chi connectivity index (χ1) is 14.7. The minimum Gasteiger partial charge on any atom is -0.482 e. The molecule has 0 saturated carbocycles. The highest BCUT2D eigenvalue weighted by Gasteiger charge is 2.15. The van der Waals surface area contributed by atoms with Gasteiger partial charge in [0.05, 0.1) is 5.69 Å². The smallest absolute Gasteiger partial charge is 0.262 e. The van der Waals surface area contributed by atoms with Crippen LogP contribution in [0.25, 0.3) is 6.08 Å². The Hall–Kier alpha value is -3.37. The van der Waals surface area contributed by atoms with Gasteiger partial charge in [0.15, 0.2) is 6.61 Å². The van der Waals surface area contributed by atoms with Crippen molar-refractivity contribution in [2.45, 2.75) is 26.4 Å². The van der Waals surface area contributed by atoms with Crippen LogP contribution >= 0.6 is 0 Å². The van der Waals surface area contributed by atoms with E-state index >= 15 is 0 Å². The first-order valence-corrected chi connectivity index (χ1v) is 10.2. The van der Waals surface area contributed by atoms with E-state index < -0.39 is 0 Å². The number of carbonyl (C=O) groups is 1. The molecule has 0 bridgehead atoms. The molecule has 1 heterocycles. The van der Waals surface area contributed by atoms with Crippen LogP contribution in [0.4, 0.5) is 5.69 Å². The van der Waals surface area contributed by atoms with Crippen LogP contribution < -0.4 is 15.4 Å². The number of benzene rings is 3. The van der Waals surface area contributed by atoms with Crippen LogP contribution in [0.3, 0.4) is 0 Å². The van der Waals surface area contributed by atoms with Crippen LogP contribution in [-0.2, 0) is 11.3 Å². The number of anilines is 1. The summed E-state index contributed by atoms with van der Waals surface area (Å²) in [5.41, 5.74) is 4.47. The monoisotopic (exact) mass is 400 g/mol. The molecular weight excluding hydrogens is 372 g/mol. The second-order valence-corrected chi connectivity index (χ2v) is 7.09. The van der Waals surface area contributed by atoms with Gasteiger partial charge in [-0.2, -0.15) is 0 Å². The standard InChI is InChI=1S/C15H17N.C11H11NO2/c1-13(15-10-6-3-7-11-15)16-12-14-8-4-2-5-9-14;1-2-3-8-4-5-9-10(6-8)14-7-11(13)12-9/h2-11,13,16H,12H2,1H3;2-6H,7H2,1H3,(H,12,13)/b;3-2+/t13-;/m1./s1. The number of ether oxygens (including phenoxy) is 1. The van der Waals surface area contributed by atoms with Crippen LogP contribution in [0.5, 0.6) is 5.75 Å². The molecule has 154 valence electrons. The normalized spacial score (nSPS) is 13.5. The SMILES string of the molecule is C/C=C/c1ccc2c(c1)OCC(=O)N2.C[C@@H](NCc1ccccc1)c1ccccc1. The van der Waals surface area contributed by atoms with Crippen LogP contribution in [0, 0.1) is 0 Å². The molecular formula is C26H28N2O2. The molecule has 0 saturated heterocycles. The van der Waals surface area contributed by atoms with Crippen molar-refractivity contribution in [2.24, 2.45) is 0 Å². The largest absolute Gasteiger partial charge is 0.482 e. The van der Waals surface area contributed by atoms with E-state index in [9.17, 15) is 4.79 Å². The second kappa shape index (κ2) is 11.0. The van der Waals surface area contributed by atoms with Gasteiger partial charge in [0.25, 0.3) is 5.91 Å². The minimum atomic E-state index is -0.101. The Balaban J connectivity index is 0.000000172. The van der Waals surface area contributed by atoms with Crippen molar-refractivity contribution in [3.63, 3.8) is 0 Å². The number of amides is 1. The van der Waals surface area contributed by atoms with Crippen molar-refractivity contribution in [1.82, 2.24) is 5.32 Å². The predicted octanol–water partition coefficient (Wildman–Crippen LogP) is 5.59. The molecule has 0 aliphatic carbocycles. The van der Waals surface area contributed by atoms with E-state index in [1.54, 1.807) is 0 Å². The van der Waals surface area contributed by atoms with Gasteiger partial charge >= 0.3 is 0 Å². The highest BCUT2D eigenvalue weighted by Crippen LogP contribution is 2.28. The Labute approximate surface area is 178 Å². The van der Waals surface area contributed by atoms with Crippen molar-refractivity contribution in [1.29, 1.82) is 0 Å². The summed E-state index contributed by atoms with van der Waals surface area (Å²) in [6.07, 6.45) is 3.95. The van der Waals surface area contributed by atoms with E-state index in [1.165, 1.54) is 11.1 Å². The molecule has 4 rings (SSSR count). The first-order valence-electron chi connectivity index (χ1n) is 10.2. The van der Waals surface area contributed by atoms with Crippen molar-refractivity contribution in [3.8, 4) is 5.75 Å². The van der Waals surface area contributed by atoms with Gasteiger partial charge in [-0.15, -0.1) is 0 Å². The molecule has 0 fully saturated rings. The van der Waals surface area contributed by atoms with Gasteiger partial charge in [-0.1, -0.05) is 78.9 Å². The third kappa shape index (κ3) is 6.33. The van der Waals surface area contributed by atoms with Crippen LogP contribution in [0.15, 0.2) is 84.9 Å². The van der Waals surface area contributed by atoms with Crippen molar-refractivity contribution in [3.05, 3.63) is 102 Å². The fourth-order valence-corrected chi connectivity index (χ4v) is 3.11. The average molecular weight is 401 g/mol. The molecule has 1 atom stereocenters. The molecule has 4 heteroatoms. The maximum absolute atomic E-state index is 11.0. The fourth-order valence-electron chi connectivity index (χ4n) is 3.11. The van der Waals surface area contributed by atoms with Gasteiger partial charge < -0.3 is 15.4 Å². The maximum atomic E-state index is 11.0. The zero-order valence-electron chi connectivity index (χ0n) is 17.5. The summed E-state index contributed by atoms with van der Waals surface area (Å²) < 4.78 is 5.28. The molecule has 3 aromatic carbocycles. The third-order valence-electron chi connectivity index (χ3n) is 4.75. The average Bonchev–Trinajstić information content (AvgIpc) is 2.79. The summed E-state index contributed by atoms with van der Waals surface area (Å²) in [5.74, 6) is 0.636. The summed E-state index contributed by atoms with van der Waals surface area (Å²) >= 11 is 0. The van der Waals surface area contributed by atoms with E-state index in [0.717, 1.165) is 23.5 Å². The first kappa shape index (κ1) is 21.3. The zero-order valence-corrected chi connectivity index (χ0v) is 17.5. The number of hydrogen-bond donors (Lipinski definition) is 2. The Morgan fingerprint density at radius 3 is 2.43 bits per heavy atom. The Morgan fingerprint density at radius 2 is 1.73 bits per heavy atom. The molecule has 1 aliphatic rings. The Kier molecular flexibility index (Phi) is 7.81. The number of fused-ring (bicyclic) bond motifs is 1. The zero-order chi connectivity index (χ0) is 21.2. The topological polar surface area (TPSA) is 50.4 Å². The maximum Gasteiger partial charge on any atom is 0.262 e. The van der Waals surface area contributed by atoms with E-state index in [1.807, 2.05) is 49.4 Å². The van der Waals surface area contributed by atoms with Gasteiger partial charge in [0.1, 0.15) is 5.75 Å². The lowest BCUT2D eigenvalue weighted by atomic mass is 10.1. The molecule has 1 aliphatic heterocycles. The summed E-state index contributed by atoms with van der Waals surface area (Å²) in [6, 6.07) is 27.1. The van der Waals surface area contributed by atoms with E-state index in [0.29, 0.717) is 6.04 Å². The van der Waals surface area contributed by atoms with Gasteiger partial charge in [-0.3, -0.25) is 4.79 Å². The van der Waals surface area contributed by atoms with Crippen LogP contribution in [-0.4, -0.2) is 12.5 Å². The third-order valence-corrected chi connectivity index (χ3v) is 4.75. The quantitative estimate of drug-likeness (QED) is 0.587. The summed E-state index contributed by atoms with van der Waals surface area (Å²) in [7, 11) is 0. The van der Waals surface area contributed by atoms with E-state index in [2.05, 4.69) is 66.1 Å². The molecule has 2 N–H and O–H groups in total. The molecule has 0 aromatic heterocycles. The van der Waals surface area contributed by atoms with Crippen molar-refractivity contribution in [2.75, 3.05) is 11.9 Å². The minimum absolute atomic E-state index is 0.101. The van der Waals surface area contributed by atoms with Crippen molar-refractivity contribution >= 4 is 17.7 Å². The summed E-state index contributed by atoms with van der Waals surface area (Å²) in [5, 5.41) is 6.26.